The SMILES string of the molecule is O=C(O)c1cc2cc3ccccc3cc2ccc1=O. The molecule has 0 saturated heterocycles. The second-order valence-corrected chi connectivity index (χ2v) is 4.39. The van der Waals surface area contributed by atoms with Crippen LogP contribution in [0.15, 0.2) is 59.4 Å². The second-order valence-electron chi connectivity index (χ2n) is 4.39. The molecular weight excluding hydrogens is 240 g/mol. The van der Waals surface area contributed by atoms with Crippen molar-refractivity contribution in [1.29, 1.82) is 0 Å². The first-order valence-corrected chi connectivity index (χ1v) is 5.85. The predicted octanol–water partition coefficient (Wildman–Crippen LogP) is 3.05. The Hall–Kier alpha value is -2.68. The van der Waals surface area contributed by atoms with Crippen molar-refractivity contribution in [3.63, 3.8) is 0 Å². The fourth-order valence-corrected chi connectivity index (χ4v) is 2.19. The van der Waals surface area contributed by atoms with Gasteiger partial charge in [0.2, 0.25) is 0 Å². The van der Waals surface area contributed by atoms with E-state index in [9.17, 15) is 9.59 Å². The lowest BCUT2D eigenvalue weighted by Gasteiger charge is -1.99. The first kappa shape index (κ1) is 11.4. The Morgan fingerprint density at radius 3 is 2.00 bits per heavy atom. The fraction of sp³-hybridized carbons (Fsp3) is 0. The summed E-state index contributed by atoms with van der Waals surface area (Å²) in [6, 6.07) is 16.1. The highest BCUT2D eigenvalue weighted by molar-refractivity contribution is 6.00. The zero-order chi connectivity index (χ0) is 13.4. The van der Waals surface area contributed by atoms with Crippen LogP contribution >= 0.6 is 0 Å². The zero-order valence-corrected chi connectivity index (χ0v) is 9.96. The highest BCUT2D eigenvalue weighted by Crippen LogP contribution is 2.22. The van der Waals surface area contributed by atoms with Gasteiger partial charge >= 0.3 is 5.97 Å². The maximum atomic E-state index is 11.7. The molecule has 0 spiro atoms. The van der Waals surface area contributed by atoms with Crippen molar-refractivity contribution in [2.75, 3.05) is 0 Å². The van der Waals surface area contributed by atoms with E-state index in [0.29, 0.717) is 0 Å². The van der Waals surface area contributed by atoms with Gasteiger partial charge in [-0.25, -0.2) is 4.79 Å². The monoisotopic (exact) mass is 250 g/mol. The quantitative estimate of drug-likeness (QED) is 0.722. The van der Waals surface area contributed by atoms with Crippen LogP contribution in [0.25, 0.3) is 21.5 Å². The Kier molecular flexibility index (Phi) is 2.53. The first-order chi connectivity index (χ1) is 9.15. The minimum Gasteiger partial charge on any atom is -0.478 e. The van der Waals surface area contributed by atoms with Crippen LogP contribution in [0, 0.1) is 0 Å². The van der Waals surface area contributed by atoms with Gasteiger partial charge in [-0.3, -0.25) is 4.79 Å². The Morgan fingerprint density at radius 1 is 0.789 bits per heavy atom. The van der Waals surface area contributed by atoms with Gasteiger partial charge in [-0.2, -0.15) is 0 Å². The van der Waals surface area contributed by atoms with Gasteiger partial charge in [0.1, 0.15) is 5.56 Å². The number of carboxylic acids is 1. The molecule has 0 atom stereocenters. The van der Waals surface area contributed by atoms with Crippen molar-refractivity contribution in [3.05, 3.63) is 70.4 Å². The van der Waals surface area contributed by atoms with Gasteiger partial charge in [-0.05, 0) is 45.8 Å². The highest BCUT2D eigenvalue weighted by atomic mass is 16.4. The van der Waals surface area contributed by atoms with Crippen LogP contribution in [-0.2, 0) is 0 Å². The summed E-state index contributed by atoms with van der Waals surface area (Å²) < 4.78 is 0. The summed E-state index contributed by atoms with van der Waals surface area (Å²) in [5, 5.41) is 12.7. The molecule has 3 aromatic rings. The lowest BCUT2D eigenvalue weighted by atomic mass is 10.1. The van der Waals surface area contributed by atoms with Crippen molar-refractivity contribution in [1.82, 2.24) is 0 Å². The van der Waals surface area contributed by atoms with Gasteiger partial charge in [0.15, 0.2) is 5.43 Å². The van der Waals surface area contributed by atoms with Crippen molar-refractivity contribution in [2.24, 2.45) is 0 Å². The Bertz CT molecular complexity index is 866. The molecule has 19 heavy (non-hydrogen) atoms. The molecule has 0 bridgehead atoms. The Labute approximate surface area is 108 Å². The van der Waals surface area contributed by atoms with Gasteiger partial charge in [0, 0.05) is 0 Å². The molecule has 0 aromatic heterocycles. The molecule has 0 amide bonds. The van der Waals surface area contributed by atoms with Gasteiger partial charge in [0.25, 0.3) is 0 Å². The maximum Gasteiger partial charge on any atom is 0.339 e. The number of hydrogen-bond acceptors (Lipinski definition) is 2. The molecule has 0 aliphatic heterocycles. The smallest absolute Gasteiger partial charge is 0.339 e. The molecule has 3 aromatic carbocycles. The average molecular weight is 250 g/mol. The van der Waals surface area contributed by atoms with Crippen LogP contribution in [0.2, 0.25) is 0 Å². The topological polar surface area (TPSA) is 54.4 Å². The summed E-state index contributed by atoms with van der Waals surface area (Å²) in [6.07, 6.45) is 0. The maximum absolute atomic E-state index is 11.7. The Morgan fingerprint density at radius 2 is 1.37 bits per heavy atom. The third-order valence-corrected chi connectivity index (χ3v) is 3.16. The van der Waals surface area contributed by atoms with Gasteiger partial charge in [-0.1, -0.05) is 30.3 Å². The van der Waals surface area contributed by atoms with Crippen LogP contribution in [0.3, 0.4) is 0 Å². The second kappa shape index (κ2) is 4.21. The molecule has 0 radical (unpaired) electrons. The lowest BCUT2D eigenvalue weighted by Crippen LogP contribution is -2.10. The summed E-state index contributed by atoms with van der Waals surface area (Å²) in [6.45, 7) is 0. The number of hydrogen-bond donors (Lipinski definition) is 1. The normalized spacial score (nSPS) is 10.7. The van der Waals surface area contributed by atoms with E-state index in [0.717, 1.165) is 21.5 Å². The van der Waals surface area contributed by atoms with Crippen molar-refractivity contribution in [2.45, 2.75) is 0 Å². The lowest BCUT2D eigenvalue weighted by molar-refractivity contribution is 0.0696. The molecule has 3 heteroatoms. The van der Waals surface area contributed by atoms with E-state index in [-0.39, 0.29) is 5.56 Å². The zero-order valence-electron chi connectivity index (χ0n) is 9.96. The summed E-state index contributed by atoms with van der Waals surface area (Å²) >= 11 is 0. The van der Waals surface area contributed by atoms with Gasteiger partial charge in [0.05, 0.1) is 0 Å². The highest BCUT2D eigenvalue weighted by Gasteiger charge is 2.07. The van der Waals surface area contributed by atoms with E-state index in [4.69, 9.17) is 5.11 Å². The van der Waals surface area contributed by atoms with Crippen LogP contribution < -0.4 is 5.43 Å². The summed E-state index contributed by atoms with van der Waals surface area (Å²) in [4.78, 5) is 22.7. The molecule has 0 unspecified atom stereocenters. The number of carboxylic acid groups (broad SMARTS) is 1. The van der Waals surface area contributed by atoms with Crippen molar-refractivity contribution >= 4 is 27.5 Å². The van der Waals surface area contributed by atoms with E-state index in [2.05, 4.69) is 0 Å². The first-order valence-electron chi connectivity index (χ1n) is 5.85. The summed E-state index contributed by atoms with van der Waals surface area (Å²) in [5.41, 5.74) is -0.682. The van der Waals surface area contributed by atoms with E-state index in [1.54, 1.807) is 6.07 Å². The minimum atomic E-state index is -1.20. The number of fused-ring (bicyclic) bond motifs is 2. The third-order valence-electron chi connectivity index (χ3n) is 3.16. The molecule has 92 valence electrons. The van der Waals surface area contributed by atoms with Crippen LogP contribution in [0.1, 0.15) is 10.4 Å². The summed E-state index contributed by atoms with van der Waals surface area (Å²) in [7, 11) is 0. The predicted molar refractivity (Wildman–Crippen MR) is 74.7 cm³/mol. The van der Waals surface area contributed by atoms with Crippen molar-refractivity contribution in [3.8, 4) is 0 Å². The van der Waals surface area contributed by atoms with E-state index < -0.39 is 11.4 Å². The molecule has 3 rings (SSSR count). The van der Waals surface area contributed by atoms with E-state index in [1.165, 1.54) is 12.1 Å². The van der Waals surface area contributed by atoms with Crippen LogP contribution in [-0.4, -0.2) is 11.1 Å². The molecule has 0 aliphatic rings. The molecule has 0 aliphatic carbocycles. The largest absolute Gasteiger partial charge is 0.478 e. The number of carbonyl (C=O) groups is 1. The summed E-state index contributed by atoms with van der Waals surface area (Å²) in [5.74, 6) is -1.20. The number of rotatable bonds is 1. The number of aromatic carboxylic acids is 1. The molecule has 0 saturated carbocycles. The molecule has 0 heterocycles. The minimum absolute atomic E-state index is 0.203. The fourth-order valence-electron chi connectivity index (χ4n) is 2.19. The standard InChI is InChI=1S/C16H10O3/c17-15-6-5-12-7-10-3-1-2-4-11(10)8-13(12)9-14(15)16(18)19/h1-9H,(H,18,19). The molecular formula is C16H10O3. The Balaban J connectivity index is 2.48. The van der Waals surface area contributed by atoms with Crippen LogP contribution in [0.4, 0.5) is 0 Å². The van der Waals surface area contributed by atoms with Gasteiger partial charge in [-0.15, -0.1) is 0 Å². The number of benzene rings is 2. The van der Waals surface area contributed by atoms with Crippen LogP contribution in [0.5, 0.6) is 0 Å². The third kappa shape index (κ3) is 1.95. The molecule has 1 N–H and O–H groups in total. The van der Waals surface area contributed by atoms with E-state index >= 15 is 0 Å². The van der Waals surface area contributed by atoms with E-state index in [1.807, 2.05) is 36.4 Å². The molecule has 0 fully saturated rings. The average Bonchev–Trinajstić information content (AvgIpc) is 2.56. The van der Waals surface area contributed by atoms with Gasteiger partial charge < -0.3 is 5.11 Å². The van der Waals surface area contributed by atoms with Crippen molar-refractivity contribution < 1.29 is 9.90 Å². The molecule has 3 nitrogen and oxygen atoms in total.